The van der Waals surface area contributed by atoms with Crippen LogP contribution in [0.2, 0.25) is 0 Å². The Hall–Kier alpha value is -6.47. The Morgan fingerprint density at radius 3 is 1.03 bits per heavy atom. The summed E-state index contributed by atoms with van der Waals surface area (Å²) < 4.78 is 126. The van der Waals surface area contributed by atoms with Crippen molar-refractivity contribution >= 4 is 23.6 Å². The molecule has 9 rings (SSSR count). The molecular weight excluding hydrogens is 1560 g/mol. The van der Waals surface area contributed by atoms with Crippen LogP contribution in [0.4, 0.5) is 0 Å². The number of carbonyl (C=O) groups excluding carboxylic acids is 4. The molecule has 6 bridgehead atoms. The first-order valence-electron chi connectivity index (χ1n) is 39.2. The number of nitrogens with one attached hydrogen (secondary N) is 4. The Labute approximate surface area is 674 Å². The highest BCUT2D eigenvalue weighted by molar-refractivity contribution is 5.77. The largest absolute Gasteiger partial charge is 0.388 e. The number of aliphatic hydroxyl groups excluding tert-OH is 6. The molecule has 9 heterocycles. The third-order valence-electron chi connectivity index (χ3n) is 19.3. The van der Waals surface area contributed by atoms with Crippen molar-refractivity contribution in [3.05, 3.63) is 46.1 Å². The van der Waals surface area contributed by atoms with Crippen molar-refractivity contribution in [3.63, 3.8) is 0 Å². The van der Waals surface area contributed by atoms with Crippen molar-refractivity contribution in [1.29, 1.82) is 0 Å². The van der Waals surface area contributed by atoms with Gasteiger partial charge in [0.05, 0.1) is 256 Å². The lowest BCUT2D eigenvalue weighted by Gasteiger charge is -2.42. The second-order valence-electron chi connectivity index (χ2n) is 28.7. The lowest BCUT2D eigenvalue weighted by molar-refractivity contribution is -0.238. The van der Waals surface area contributed by atoms with E-state index in [1.807, 2.05) is 0 Å². The first kappa shape index (κ1) is 94.4. The van der Waals surface area contributed by atoms with Gasteiger partial charge in [-0.3, -0.25) is 19.2 Å². The molecule has 662 valence electrons. The molecule has 0 radical (unpaired) electrons. The highest BCUT2D eigenvalue weighted by Crippen LogP contribution is 2.40. The fourth-order valence-electron chi connectivity index (χ4n) is 13.3. The van der Waals surface area contributed by atoms with E-state index in [-0.39, 0.29) is 151 Å². The predicted molar refractivity (Wildman–Crippen MR) is 392 cm³/mol. The number of unbranched alkanes of at least 4 members (excludes halogenated alkanes) is 2. The zero-order valence-electron chi connectivity index (χ0n) is 66.4. The summed E-state index contributed by atoms with van der Waals surface area (Å²) in [6.45, 7) is 10.5. The molecule has 6 fully saturated rings. The second-order valence-corrected chi connectivity index (χ2v) is 28.7. The summed E-state index contributed by atoms with van der Waals surface area (Å²) in [5.74, 6) is -1.48. The number of aliphatic hydroxyl groups is 6. The number of ether oxygens (including phenoxy) is 21. The molecule has 0 aromatic carbocycles. The van der Waals surface area contributed by atoms with Crippen LogP contribution in [0.1, 0.15) is 63.5 Å². The summed E-state index contributed by atoms with van der Waals surface area (Å²) in [6, 6.07) is -2.73. The molecule has 15 atom stereocenters. The van der Waals surface area contributed by atoms with E-state index in [0.717, 1.165) is 0 Å². The first-order chi connectivity index (χ1) is 56.7. The Morgan fingerprint density at radius 2 is 0.735 bits per heavy atom. The minimum Gasteiger partial charge on any atom is -0.388 e. The van der Waals surface area contributed by atoms with Crippen molar-refractivity contribution in [3.8, 4) is 0 Å². The Morgan fingerprint density at radius 1 is 0.444 bits per heavy atom. The predicted octanol–water partition coefficient (Wildman–Crippen LogP) is -5.61. The minimum absolute atomic E-state index is 0.0110. The Bertz CT molecular complexity index is 3120. The summed E-state index contributed by atoms with van der Waals surface area (Å²) in [5.41, 5.74) is 5.14. The Balaban J connectivity index is 0.674. The molecule has 0 saturated carbocycles. The van der Waals surface area contributed by atoms with Gasteiger partial charge in [-0.25, -0.2) is 14.0 Å². The summed E-state index contributed by atoms with van der Waals surface area (Å²) in [6.07, 6.45) is -3.64. The monoisotopic (exact) mass is 1680 g/mol. The second kappa shape index (κ2) is 50.1. The summed E-state index contributed by atoms with van der Waals surface area (Å²) in [4.78, 5) is 51.5. The van der Waals surface area contributed by atoms with Gasteiger partial charge in [0.15, 0.2) is 18.9 Å². The molecule has 6 saturated heterocycles. The van der Waals surface area contributed by atoms with Crippen LogP contribution in [-0.4, -0.2) is 400 Å². The molecule has 6 aliphatic rings. The van der Waals surface area contributed by atoms with Crippen molar-refractivity contribution in [2.24, 2.45) is 5.11 Å². The van der Waals surface area contributed by atoms with Crippen molar-refractivity contribution in [2.45, 2.75) is 182 Å². The molecule has 0 spiro atoms. The molecule has 6 aliphatic heterocycles. The highest BCUT2D eigenvalue weighted by Gasteiger charge is 2.62. The molecule has 0 aliphatic carbocycles. The van der Waals surface area contributed by atoms with Gasteiger partial charge in [-0.2, -0.15) is 0 Å². The number of hydrogen-bond donors (Lipinski definition) is 10. The van der Waals surface area contributed by atoms with Crippen molar-refractivity contribution in [1.82, 2.24) is 66.2 Å². The topological polar surface area (TPSA) is 573 Å². The number of aromatic nitrogens is 9. The van der Waals surface area contributed by atoms with Crippen LogP contribution >= 0.6 is 0 Å². The zero-order valence-corrected chi connectivity index (χ0v) is 66.4. The van der Waals surface area contributed by atoms with E-state index >= 15 is 0 Å². The Kier molecular flexibility index (Phi) is 40.4. The fraction of sp³-hybridized carbons (Fsp3) is 0.857. The van der Waals surface area contributed by atoms with E-state index in [9.17, 15) is 49.8 Å². The van der Waals surface area contributed by atoms with Crippen LogP contribution in [0.3, 0.4) is 0 Å². The number of rotatable bonds is 64. The molecule has 0 unspecified atom stereocenters. The number of amides is 4. The summed E-state index contributed by atoms with van der Waals surface area (Å²) in [5, 5.41) is 104. The average Bonchev–Trinajstić information content (AvgIpc) is 1.63. The quantitative estimate of drug-likeness (QED) is 0.0109. The van der Waals surface area contributed by atoms with E-state index in [4.69, 9.17) is 105 Å². The molecule has 117 heavy (non-hydrogen) atoms. The van der Waals surface area contributed by atoms with Crippen molar-refractivity contribution in [2.75, 3.05) is 205 Å². The van der Waals surface area contributed by atoms with Crippen LogP contribution in [0.15, 0.2) is 23.7 Å². The summed E-state index contributed by atoms with van der Waals surface area (Å²) >= 11 is 0. The smallest absolute Gasteiger partial charge is 0.220 e. The standard InChI is InChI=1S/C70H116N16O31/c1-48(87)73-55-58(91)61(94)68(45-112-64(55)115-68)42-106-30-27-103-24-21-100-18-15-97-12-9-84-33-51(77-81-84)36-109-39-67(76-54(90)7-5-4-6-8-72-80-71,40-110-37-52-34-85(82-78-52)10-13-98-16-19-101-22-25-104-28-31-107-43-69-46-113-65(116-69)56(74-49(2)88)59(92)62(69)95)41-111-38-53-35-86(83-79-53)11-14-99-17-20-102-23-26-105-29-32-108-44-70-47-114-66(117-70)57(75-50(3)89)60(93)63(70)96/h33-35,55-66,91-96H,4-32,36-47H2,1-3H3,(H,73,87)(H,74,88)(H,75,89)(H,76,90)/t55-,56-,57-,58-,59-,60-,61-,62-,63-,64+,65+,66+,68+,69+,70+/m1/s1. The first-order valence-corrected chi connectivity index (χ1v) is 39.2. The van der Waals surface area contributed by atoms with Crippen LogP contribution in [0.5, 0.6) is 0 Å². The number of nitrogens with zero attached hydrogens (tertiary/aromatic N) is 12. The van der Waals surface area contributed by atoms with Gasteiger partial charge in [0.25, 0.3) is 0 Å². The molecule has 47 nitrogen and oxygen atoms in total. The zero-order chi connectivity index (χ0) is 83.1. The number of fused-ring (bicyclic) bond motifs is 6. The number of azide groups is 1. The van der Waals surface area contributed by atoms with Gasteiger partial charge < -0.3 is 151 Å². The van der Waals surface area contributed by atoms with E-state index < -0.39 is 114 Å². The van der Waals surface area contributed by atoms with Crippen LogP contribution in [-0.2, 0) is 158 Å². The normalized spacial score (nSPS) is 26.5. The molecule has 47 heteroatoms. The molecule has 3 aromatic heterocycles. The molecular formula is C70H116N16O31. The van der Waals surface area contributed by atoms with Gasteiger partial charge in [-0.05, 0) is 18.4 Å². The molecule has 10 N–H and O–H groups in total. The lowest BCUT2D eigenvalue weighted by Crippen LogP contribution is -2.66. The molecule has 4 amide bonds. The van der Waals surface area contributed by atoms with E-state index in [1.54, 1.807) is 32.6 Å². The van der Waals surface area contributed by atoms with E-state index in [1.165, 1.54) is 20.8 Å². The van der Waals surface area contributed by atoms with Gasteiger partial charge in [-0.1, -0.05) is 27.2 Å². The maximum Gasteiger partial charge on any atom is 0.220 e. The van der Waals surface area contributed by atoms with Gasteiger partial charge in [-0.15, -0.1) is 15.3 Å². The summed E-state index contributed by atoms with van der Waals surface area (Å²) in [7, 11) is 0. The van der Waals surface area contributed by atoms with Gasteiger partial charge in [0.2, 0.25) is 23.6 Å². The number of carbonyl (C=O) groups is 4. The van der Waals surface area contributed by atoms with Gasteiger partial charge in [0, 0.05) is 38.6 Å². The minimum atomic E-state index is -1.34. The third kappa shape index (κ3) is 30.3. The van der Waals surface area contributed by atoms with Crippen molar-refractivity contribution < 1.29 is 149 Å². The van der Waals surface area contributed by atoms with E-state index in [0.29, 0.717) is 142 Å². The van der Waals surface area contributed by atoms with Crippen LogP contribution in [0.25, 0.3) is 10.4 Å². The van der Waals surface area contributed by atoms with E-state index in [2.05, 4.69) is 62.2 Å². The maximum atomic E-state index is 13.9. The fourth-order valence-corrected chi connectivity index (χ4v) is 13.3. The van der Waals surface area contributed by atoms with Crippen LogP contribution < -0.4 is 21.3 Å². The van der Waals surface area contributed by atoms with Gasteiger partial charge >= 0.3 is 0 Å². The van der Waals surface area contributed by atoms with Gasteiger partial charge in [0.1, 0.15) is 94.2 Å². The van der Waals surface area contributed by atoms with Crippen LogP contribution in [0, 0.1) is 0 Å². The average molecular weight is 1680 g/mol. The molecule has 3 aromatic rings. The number of hydrogen-bond acceptors (Lipinski definition) is 38. The highest BCUT2D eigenvalue weighted by atomic mass is 16.8. The SMILES string of the molecule is CC(=O)N[C@H]1[C@H]2OC[C@](COCCOCCOCCOCCn3cc(COCC(COCc4cn(CCOCCOCCOCCOC[C@@]56CO[C@@H](O5)[C@H](NC(C)=O)[C@@H](O)[C@H]6O)nn4)(COCc4cn(CCOCCOCCOCCOC[C@@]56CO[C@@H](O5)[C@H](NC(C)=O)[C@@H](O)[C@H]6O)nn4)NC(=O)CCCCCN=[N+]=[N-])nn3)(O2)[C@H](O)[C@@H]1O. The maximum absolute atomic E-state index is 13.9. The lowest BCUT2D eigenvalue weighted by atomic mass is 9.88. The third-order valence-corrected chi connectivity index (χ3v) is 19.3.